The average Bonchev–Trinajstić information content (AvgIpc) is 2.84. The van der Waals surface area contributed by atoms with Gasteiger partial charge in [0, 0.05) is 31.0 Å². The van der Waals surface area contributed by atoms with E-state index < -0.39 is 0 Å². The van der Waals surface area contributed by atoms with E-state index in [1.807, 2.05) is 0 Å². The van der Waals surface area contributed by atoms with E-state index in [1.165, 1.54) is 30.8 Å². The topological polar surface area (TPSA) is 24.5 Å². The summed E-state index contributed by atoms with van der Waals surface area (Å²) < 4.78 is 6.09. The highest BCUT2D eigenvalue weighted by molar-refractivity contribution is 7.99. The second kappa shape index (κ2) is 7.30. The molecule has 1 spiro atoms. The first kappa shape index (κ1) is 15.6. The van der Waals surface area contributed by atoms with Crippen molar-refractivity contribution >= 4 is 11.8 Å². The number of ether oxygens (including phenoxy) is 1. The van der Waals surface area contributed by atoms with Gasteiger partial charge in [0.05, 0.1) is 5.60 Å². The molecule has 112 valence electrons. The van der Waals surface area contributed by atoms with Crippen molar-refractivity contribution in [3.8, 4) is 0 Å². The summed E-state index contributed by atoms with van der Waals surface area (Å²) in [6, 6.07) is 1.23. The molecule has 0 amide bonds. The van der Waals surface area contributed by atoms with E-state index in [0.29, 0.717) is 12.1 Å². The molecule has 3 unspecified atom stereocenters. The zero-order valence-electron chi connectivity index (χ0n) is 12.8. The van der Waals surface area contributed by atoms with Crippen LogP contribution in [0.5, 0.6) is 0 Å². The van der Waals surface area contributed by atoms with Gasteiger partial charge in [-0.2, -0.15) is 11.8 Å². The lowest BCUT2D eigenvalue weighted by molar-refractivity contribution is -0.0714. The van der Waals surface area contributed by atoms with Crippen molar-refractivity contribution in [3.63, 3.8) is 0 Å². The van der Waals surface area contributed by atoms with Gasteiger partial charge in [0.15, 0.2) is 0 Å². The van der Waals surface area contributed by atoms with Crippen molar-refractivity contribution in [2.45, 2.75) is 57.7 Å². The quantitative estimate of drug-likeness (QED) is 0.810. The Bertz CT molecular complexity index is 265. The third-order valence-electron chi connectivity index (χ3n) is 4.51. The highest BCUT2D eigenvalue weighted by atomic mass is 32.2. The molecule has 2 heterocycles. The summed E-state index contributed by atoms with van der Waals surface area (Å²) in [5.74, 6) is 2.48. The molecule has 2 fully saturated rings. The molecule has 3 atom stereocenters. The van der Waals surface area contributed by atoms with Gasteiger partial charge in [0.25, 0.3) is 0 Å². The predicted octanol–water partition coefficient (Wildman–Crippen LogP) is 2.36. The molecule has 2 aliphatic heterocycles. The van der Waals surface area contributed by atoms with Gasteiger partial charge in [-0.05, 0) is 45.0 Å². The standard InChI is InChI=1S/C15H30N2OS/c1-4-17(5-2)11-13(3)16-14-6-8-18-15(10-14)7-9-19-12-15/h13-14,16H,4-12H2,1-3H3. The Morgan fingerprint density at radius 1 is 1.42 bits per heavy atom. The molecule has 3 nitrogen and oxygen atoms in total. The van der Waals surface area contributed by atoms with Crippen molar-refractivity contribution in [1.82, 2.24) is 10.2 Å². The molecular formula is C15H30N2OS. The number of rotatable bonds is 6. The molecule has 0 saturated carbocycles. The molecule has 0 aromatic rings. The fourth-order valence-electron chi connectivity index (χ4n) is 3.36. The molecule has 2 aliphatic rings. The Morgan fingerprint density at radius 2 is 2.21 bits per heavy atom. The molecule has 0 bridgehead atoms. The lowest BCUT2D eigenvalue weighted by atomic mass is 9.89. The first-order valence-corrected chi connectivity index (χ1v) is 9.03. The molecule has 0 aromatic carbocycles. The van der Waals surface area contributed by atoms with Crippen LogP contribution in [0.25, 0.3) is 0 Å². The van der Waals surface area contributed by atoms with E-state index in [9.17, 15) is 0 Å². The summed E-state index contributed by atoms with van der Waals surface area (Å²) in [7, 11) is 0. The first-order valence-electron chi connectivity index (χ1n) is 7.87. The number of nitrogens with one attached hydrogen (secondary N) is 1. The van der Waals surface area contributed by atoms with Crippen LogP contribution in [0.2, 0.25) is 0 Å². The van der Waals surface area contributed by atoms with Gasteiger partial charge < -0.3 is 15.0 Å². The highest BCUT2D eigenvalue weighted by Crippen LogP contribution is 2.38. The van der Waals surface area contributed by atoms with Crippen molar-refractivity contribution in [2.75, 3.05) is 37.7 Å². The normalized spacial score (nSPS) is 33.2. The van der Waals surface area contributed by atoms with Crippen LogP contribution in [0.1, 0.15) is 40.0 Å². The largest absolute Gasteiger partial charge is 0.374 e. The van der Waals surface area contributed by atoms with Gasteiger partial charge >= 0.3 is 0 Å². The van der Waals surface area contributed by atoms with E-state index in [1.54, 1.807) is 0 Å². The Labute approximate surface area is 122 Å². The van der Waals surface area contributed by atoms with E-state index in [2.05, 4.69) is 42.7 Å². The Balaban J connectivity index is 1.78. The smallest absolute Gasteiger partial charge is 0.0795 e. The summed E-state index contributed by atoms with van der Waals surface area (Å²) in [4.78, 5) is 2.50. The zero-order valence-corrected chi connectivity index (χ0v) is 13.6. The molecule has 19 heavy (non-hydrogen) atoms. The molecule has 0 radical (unpaired) electrons. The van der Waals surface area contributed by atoms with Crippen LogP contribution in [0.15, 0.2) is 0 Å². The van der Waals surface area contributed by atoms with Crippen molar-refractivity contribution < 1.29 is 4.74 Å². The first-order chi connectivity index (χ1) is 9.17. The van der Waals surface area contributed by atoms with Gasteiger partial charge in [-0.25, -0.2) is 0 Å². The second-order valence-electron chi connectivity index (χ2n) is 6.08. The van der Waals surface area contributed by atoms with Crippen LogP contribution < -0.4 is 5.32 Å². The molecular weight excluding hydrogens is 256 g/mol. The van der Waals surface area contributed by atoms with Crippen LogP contribution in [-0.4, -0.2) is 60.3 Å². The Hall–Kier alpha value is 0.230. The number of likely N-dealkylation sites (N-methyl/N-ethyl adjacent to an activating group) is 1. The van der Waals surface area contributed by atoms with Crippen molar-refractivity contribution in [3.05, 3.63) is 0 Å². The Kier molecular flexibility index (Phi) is 6.00. The van der Waals surface area contributed by atoms with Crippen molar-refractivity contribution in [2.24, 2.45) is 0 Å². The number of thioether (sulfide) groups is 1. The summed E-state index contributed by atoms with van der Waals surface area (Å²) in [5.41, 5.74) is 0.204. The fourth-order valence-corrected chi connectivity index (χ4v) is 4.74. The lowest BCUT2D eigenvalue weighted by Crippen LogP contribution is -2.51. The molecule has 2 rings (SSSR count). The molecule has 0 aromatic heterocycles. The fraction of sp³-hybridized carbons (Fsp3) is 1.00. The van der Waals surface area contributed by atoms with E-state index in [0.717, 1.165) is 26.2 Å². The van der Waals surface area contributed by atoms with Crippen LogP contribution in [0.4, 0.5) is 0 Å². The van der Waals surface area contributed by atoms with Gasteiger partial charge in [0.1, 0.15) is 0 Å². The summed E-state index contributed by atoms with van der Waals surface area (Å²) in [6.45, 7) is 11.2. The number of hydrogen-bond acceptors (Lipinski definition) is 4. The minimum Gasteiger partial charge on any atom is -0.374 e. The van der Waals surface area contributed by atoms with Crippen LogP contribution in [-0.2, 0) is 4.74 Å². The number of hydrogen-bond donors (Lipinski definition) is 1. The monoisotopic (exact) mass is 286 g/mol. The van der Waals surface area contributed by atoms with E-state index in [4.69, 9.17) is 4.74 Å². The molecule has 2 saturated heterocycles. The third kappa shape index (κ3) is 4.35. The summed E-state index contributed by atoms with van der Waals surface area (Å²) >= 11 is 2.06. The van der Waals surface area contributed by atoms with Crippen molar-refractivity contribution in [1.29, 1.82) is 0 Å². The number of nitrogens with zero attached hydrogens (tertiary/aromatic N) is 1. The Morgan fingerprint density at radius 3 is 2.84 bits per heavy atom. The maximum absolute atomic E-state index is 6.09. The van der Waals surface area contributed by atoms with Gasteiger partial charge in [0.2, 0.25) is 0 Å². The van der Waals surface area contributed by atoms with Crippen LogP contribution in [0.3, 0.4) is 0 Å². The summed E-state index contributed by atoms with van der Waals surface area (Å²) in [5, 5.41) is 3.84. The van der Waals surface area contributed by atoms with E-state index >= 15 is 0 Å². The maximum atomic E-state index is 6.09. The average molecular weight is 286 g/mol. The van der Waals surface area contributed by atoms with E-state index in [-0.39, 0.29) is 5.60 Å². The highest BCUT2D eigenvalue weighted by Gasteiger charge is 2.40. The molecule has 4 heteroatoms. The minimum absolute atomic E-state index is 0.204. The summed E-state index contributed by atoms with van der Waals surface area (Å²) in [6.07, 6.45) is 3.64. The van der Waals surface area contributed by atoms with Gasteiger partial charge in [-0.3, -0.25) is 0 Å². The van der Waals surface area contributed by atoms with Crippen LogP contribution >= 0.6 is 11.8 Å². The van der Waals surface area contributed by atoms with Crippen LogP contribution in [0, 0.1) is 0 Å². The lowest BCUT2D eigenvalue weighted by Gasteiger charge is -2.39. The molecule has 1 N–H and O–H groups in total. The maximum Gasteiger partial charge on any atom is 0.0795 e. The zero-order chi connectivity index (χ0) is 13.7. The third-order valence-corrected chi connectivity index (χ3v) is 5.73. The minimum atomic E-state index is 0.204. The van der Waals surface area contributed by atoms with Gasteiger partial charge in [-0.1, -0.05) is 13.8 Å². The van der Waals surface area contributed by atoms with Gasteiger partial charge in [-0.15, -0.1) is 0 Å². The second-order valence-corrected chi connectivity index (χ2v) is 7.18. The predicted molar refractivity (Wildman–Crippen MR) is 84.0 cm³/mol. The SMILES string of the molecule is CCN(CC)CC(C)NC1CCOC2(CCSC2)C1. The molecule has 0 aliphatic carbocycles.